The predicted octanol–water partition coefficient (Wildman–Crippen LogP) is 3.02. The standard InChI is InChI=1S/C14H19F2N3O2/c1-14(5-7-18(2)8-6-14)9-17-13-11(19(20)21)4-3-10(15)12(13)16/h3-4,17H,5-9H2,1-2H3. The zero-order valence-corrected chi connectivity index (χ0v) is 12.2. The van der Waals surface area contributed by atoms with Crippen molar-refractivity contribution in [2.75, 3.05) is 32.0 Å². The summed E-state index contributed by atoms with van der Waals surface area (Å²) in [5.74, 6) is -2.28. The van der Waals surface area contributed by atoms with Crippen LogP contribution in [0.4, 0.5) is 20.2 Å². The van der Waals surface area contributed by atoms with Crippen molar-refractivity contribution in [2.24, 2.45) is 5.41 Å². The second kappa shape index (κ2) is 5.93. The average molecular weight is 299 g/mol. The Morgan fingerprint density at radius 1 is 1.38 bits per heavy atom. The summed E-state index contributed by atoms with van der Waals surface area (Å²) in [5.41, 5.74) is -0.885. The lowest BCUT2D eigenvalue weighted by Gasteiger charge is -2.38. The Balaban J connectivity index is 2.16. The Hall–Kier alpha value is -1.76. The predicted molar refractivity (Wildman–Crippen MR) is 76.3 cm³/mol. The van der Waals surface area contributed by atoms with E-state index in [0.717, 1.165) is 38.1 Å². The van der Waals surface area contributed by atoms with Gasteiger partial charge in [0.25, 0.3) is 5.69 Å². The fourth-order valence-electron chi connectivity index (χ4n) is 2.50. The summed E-state index contributed by atoms with van der Waals surface area (Å²) in [7, 11) is 2.03. The molecule has 116 valence electrons. The fourth-order valence-corrected chi connectivity index (χ4v) is 2.50. The summed E-state index contributed by atoms with van der Waals surface area (Å²) in [4.78, 5) is 12.4. The van der Waals surface area contributed by atoms with Gasteiger partial charge in [0.1, 0.15) is 0 Å². The van der Waals surface area contributed by atoms with Gasteiger partial charge < -0.3 is 10.2 Å². The molecule has 1 aromatic carbocycles. The first-order chi connectivity index (χ1) is 9.82. The Labute approximate surface area is 122 Å². The third-order valence-corrected chi connectivity index (χ3v) is 4.16. The van der Waals surface area contributed by atoms with Gasteiger partial charge >= 0.3 is 0 Å². The quantitative estimate of drug-likeness (QED) is 0.686. The molecule has 21 heavy (non-hydrogen) atoms. The molecule has 1 heterocycles. The number of anilines is 1. The van der Waals surface area contributed by atoms with Gasteiger partial charge in [0.2, 0.25) is 0 Å². The Morgan fingerprint density at radius 2 is 2.00 bits per heavy atom. The first-order valence-electron chi connectivity index (χ1n) is 6.87. The Bertz CT molecular complexity index is 543. The molecule has 1 N–H and O–H groups in total. The van der Waals surface area contributed by atoms with E-state index in [1.165, 1.54) is 0 Å². The smallest absolute Gasteiger partial charge is 0.295 e. The maximum absolute atomic E-state index is 13.8. The summed E-state index contributed by atoms with van der Waals surface area (Å²) in [6, 6.07) is 1.76. The van der Waals surface area contributed by atoms with Gasteiger partial charge in [-0.3, -0.25) is 10.1 Å². The number of nitro groups is 1. The highest BCUT2D eigenvalue weighted by Gasteiger charge is 2.30. The molecule has 0 aliphatic carbocycles. The zero-order valence-electron chi connectivity index (χ0n) is 12.2. The molecule has 0 bridgehead atoms. The Morgan fingerprint density at radius 3 is 2.57 bits per heavy atom. The summed E-state index contributed by atoms with van der Waals surface area (Å²) in [6.07, 6.45) is 1.81. The maximum atomic E-state index is 13.8. The maximum Gasteiger partial charge on any atom is 0.295 e. The molecule has 5 nitrogen and oxygen atoms in total. The van der Waals surface area contributed by atoms with Gasteiger partial charge in [0.05, 0.1) is 4.92 Å². The third kappa shape index (κ3) is 3.47. The molecule has 0 aromatic heterocycles. The van der Waals surface area contributed by atoms with E-state index in [4.69, 9.17) is 0 Å². The van der Waals surface area contributed by atoms with Crippen LogP contribution in [0.1, 0.15) is 19.8 Å². The minimum atomic E-state index is -1.19. The molecule has 1 aliphatic heterocycles. The van der Waals surface area contributed by atoms with Crippen molar-refractivity contribution in [3.05, 3.63) is 33.9 Å². The topological polar surface area (TPSA) is 58.4 Å². The lowest BCUT2D eigenvalue weighted by molar-refractivity contribution is -0.384. The van der Waals surface area contributed by atoms with E-state index in [1.54, 1.807) is 0 Å². The van der Waals surface area contributed by atoms with Crippen LogP contribution in [0.5, 0.6) is 0 Å². The first-order valence-corrected chi connectivity index (χ1v) is 6.87. The minimum Gasteiger partial charge on any atom is -0.376 e. The highest BCUT2D eigenvalue weighted by Crippen LogP contribution is 2.34. The average Bonchev–Trinajstić information content (AvgIpc) is 2.44. The van der Waals surface area contributed by atoms with Crippen LogP contribution in [-0.4, -0.2) is 36.5 Å². The molecule has 1 aliphatic rings. The van der Waals surface area contributed by atoms with E-state index in [0.29, 0.717) is 6.54 Å². The molecule has 0 radical (unpaired) electrons. The number of likely N-dealkylation sites (tertiary alicyclic amines) is 1. The van der Waals surface area contributed by atoms with Gasteiger partial charge in [-0.15, -0.1) is 0 Å². The van der Waals surface area contributed by atoms with Crippen LogP contribution in [0, 0.1) is 27.2 Å². The van der Waals surface area contributed by atoms with Crippen molar-refractivity contribution in [1.82, 2.24) is 4.90 Å². The van der Waals surface area contributed by atoms with Crippen LogP contribution in [0.3, 0.4) is 0 Å². The molecule has 0 atom stereocenters. The number of piperidine rings is 1. The lowest BCUT2D eigenvalue weighted by atomic mass is 9.80. The van der Waals surface area contributed by atoms with E-state index in [9.17, 15) is 18.9 Å². The number of nitrogens with one attached hydrogen (secondary N) is 1. The number of halogens is 2. The highest BCUT2D eigenvalue weighted by molar-refractivity contribution is 5.62. The van der Waals surface area contributed by atoms with E-state index < -0.39 is 22.2 Å². The van der Waals surface area contributed by atoms with Crippen molar-refractivity contribution >= 4 is 11.4 Å². The van der Waals surface area contributed by atoms with Crippen molar-refractivity contribution in [2.45, 2.75) is 19.8 Å². The molecule has 1 saturated heterocycles. The van der Waals surface area contributed by atoms with Crippen LogP contribution in [-0.2, 0) is 0 Å². The fraction of sp³-hybridized carbons (Fsp3) is 0.571. The summed E-state index contributed by atoms with van der Waals surface area (Å²) in [6.45, 7) is 4.27. The minimum absolute atomic E-state index is 0.0842. The second-order valence-corrected chi connectivity index (χ2v) is 5.98. The van der Waals surface area contributed by atoms with Gasteiger partial charge in [0, 0.05) is 12.6 Å². The van der Waals surface area contributed by atoms with Gasteiger partial charge in [-0.05, 0) is 44.5 Å². The summed E-state index contributed by atoms with van der Waals surface area (Å²) in [5, 5.41) is 13.7. The lowest BCUT2D eigenvalue weighted by Crippen LogP contribution is -2.40. The largest absolute Gasteiger partial charge is 0.376 e. The molecular weight excluding hydrogens is 280 g/mol. The van der Waals surface area contributed by atoms with Crippen LogP contribution >= 0.6 is 0 Å². The molecule has 7 heteroatoms. The zero-order chi connectivity index (χ0) is 15.6. The monoisotopic (exact) mass is 299 g/mol. The molecule has 0 unspecified atom stereocenters. The van der Waals surface area contributed by atoms with Crippen LogP contribution < -0.4 is 5.32 Å². The van der Waals surface area contributed by atoms with Crippen molar-refractivity contribution in [3.8, 4) is 0 Å². The number of nitro benzene ring substituents is 1. The van der Waals surface area contributed by atoms with Crippen molar-refractivity contribution in [1.29, 1.82) is 0 Å². The number of rotatable bonds is 4. The Kier molecular flexibility index (Phi) is 4.41. The van der Waals surface area contributed by atoms with E-state index in [1.807, 2.05) is 7.05 Å². The van der Waals surface area contributed by atoms with Crippen LogP contribution in [0.15, 0.2) is 12.1 Å². The molecular formula is C14H19F2N3O2. The second-order valence-electron chi connectivity index (χ2n) is 5.98. The normalized spacial score (nSPS) is 18.5. The molecule has 2 rings (SSSR count). The van der Waals surface area contributed by atoms with Crippen LogP contribution in [0.2, 0.25) is 0 Å². The van der Waals surface area contributed by atoms with Crippen molar-refractivity contribution in [3.63, 3.8) is 0 Å². The summed E-state index contributed by atoms with van der Waals surface area (Å²) >= 11 is 0. The van der Waals surface area contributed by atoms with E-state index in [-0.39, 0.29) is 11.1 Å². The number of hydrogen-bond donors (Lipinski definition) is 1. The van der Waals surface area contributed by atoms with E-state index in [2.05, 4.69) is 17.1 Å². The van der Waals surface area contributed by atoms with Gasteiger partial charge in [-0.2, -0.15) is 0 Å². The van der Waals surface area contributed by atoms with Crippen LogP contribution in [0.25, 0.3) is 0 Å². The van der Waals surface area contributed by atoms with Crippen molar-refractivity contribution < 1.29 is 13.7 Å². The summed E-state index contributed by atoms with van der Waals surface area (Å²) < 4.78 is 27.1. The van der Waals surface area contributed by atoms with Gasteiger partial charge in [0.15, 0.2) is 17.3 Å². The SMILES string of the molecule is CN1CCC(C)(CNc2c([N+](=O)[O-])ccc(F)c2F)CC1. The number of nitrogens with zero attached hydrogens (tertiary/aromatic N) is 2. The molecule has 1 aromatic rings. The number of benzene rings is 1. The number of hydrogen-bond acceptors (Lipinski definition) is 4. The molecule has 1 fully saturated rings. The van der Waals surface area contributed by atoms with E-state index >= 15 is 0 Å². The molecule has 0 spiro atoms. The first kappa shape index (κ1) is 15.6. The molecule has 0 saturated carbocycles. The molecule has 0 amide bonds. The van der Waals surface area contributed by atoms with Gasteiger partial charge in [-0.25, -0.2) is 8.78 Å². The highest BCUT2D eigenvalue weighted by atomic mass is 19.2. The van der Waals surface area contributed by atoms with Gasteiger partial charge in [-0.1, -0.05) is 6.92 Å². The third-order valence-electron chi connectivity index (χ3n) is 4.16.